The maximum absolute atomic E-state index is 10.7. The number of methoxy groups -OCH3 is 1. The van der Waals surface area contributed by atoms with Gasteiger partial charge in [0.2, 0.25) is 0 Å². The largest absolute Gasteiger partial charge is 0.466 e. The molecule has 0 unspecified atom stereocenters. The van der Waals surface area contributed by atoms with Gasteiger partial charge in [0.15, 0.2) is 0 Å². The van der Waals surface area contributed by atoms with E-state index in [9.17, 15) is 4.79 Å². The van der Waals surface area contributed by atoms with Gasteiger partial charge in [0, 0.05) is 11.3 Å². The van der Waals surface area contributed by atoms with Crippen molar-refractivity contribution in [1.82, 2.24) is 0 Å². The Labute approximate surface area is 65.6 Å². The van der Waals surface area contributed by atoms with Gasteiger partial charge in [0.1, 0.15) is 0 Å². The van der Waals surface area contributed by atoms with Crippen molar-refractivity contribution in [2.45, 2.75) is 6.92 Å². The fraction of sp³-hybridized carbons (Fsp3) is 0.571. The number of carbonyl (C=O) groups is 1. The van der Waals surface area contributed by atoms with E-state index in [0.717, 1.165) is 5.75 Å². The molecule has 0 aromatic rings. The van der Waals surface area contributed by atoms with Crippen LogP contribution in [-0.4, -0.2) is 24.6 Å². The highest BCUT2D eigenvalue weighted by atomic mass is 32.2. The molecule has 0 aliphatic heterocycles. The van der Waals surface area contributed by atoms with Crippen LogP contribution in [0, 0.1) is 0 Å². The van der Waals surface area contributed by atoms with Crippen LogP contribution in [0.2, 0.25) is 0 Å². The molecule has 10 heavy (non-hydrogen) atoms. The Kier molecular flexibility index (Phi) is 5.12. The molecule has 58 valence electrons. The molecule has 0 amide bonds. The zero-order valence-corrected chi connectivity index (χ0v) is 7.16. The second-order valence-corrected chi connectivity index (χ2v) is 3.01. The van der Waals surface area contributed by atoms with Crippen LogP contribution < -0.4 is 0 Å². The molecule has 0 radical (unpaired) electrons. The summed E-state index contributed by atoms with van der Waals surface area (Å²) in [5.41, 5.74) is 0.536. The van der Waals surface area contributed by atoms with Gasteiger partial charge in [-0.3, -0.25) is 0 Å². The van der Waals surface area contributed by atoms with Crippen molar-refractivity contribution in [3.8, 4) is 0 Å². The number of hydrogen-bond donors (Lipinski definition) is 0. The molecule has 0 N–H and O–H groups in total. The first kappa shape index (κ1) is 9.56. The number of ether oxygens (including phenoxy) is 1. The lowest BCUT2D eigenvalue weighted by atomic mass is 10.4. The molecule has 0 rings (SSSR count). The summed E-state index contributed by atoms with van der Waals surface area (Å²) in [6.07, 6.45) is 0. The summed E-state index contributed by atoms with van der Waals surface area (Å²) in [7, 11) is 1.37. The van der Waals surface area contributed by atoms with E-state index in [0.29, 0.717) is 11.3 Å². The Bertz CT molecular complexity index is 132. The molecular formula is C7H12O2S. The Morgan fingerprint density at radius 1 is 1.70 bits per heavy atom. The smallest absolute Gasteiger partial charge is 0.333 e. The maximum Gasteiger partial charge on any atom is 0.333 e. The Hall–Kier alpha value is -0.440. The van der Waals surface area contributed by atoms with E-state index in [2.05, 4.69) is 11.3 Å². The SMILES string of the molecule is C=C(CSCC)C(=O)OC. The monoisotopic (exact) mass is 160 g/mol. The lowest BCUT2D eigenvalue weighted by molar-refractivity contribution is -0.135. The first-order valence-corrected chi connectivity index (χ1v) is 4.21. The highest BCUT2D eigenvalue weighted by Gasteiger charge is 2.04. The normalized spacial score (nSPS) is 9.00. The fourth-order valence-electron chi connectivity index (χ4n) is 0.429. The quantitative estimate of drug-likeness (QED) is 0.460. The minimum absolute atomic E-state index is 0.305. The van der Waals surface area contributed by atoms with Gasteiger partial charge in [0.05, 0.1) is 7.11 Å². The molecule has 3 heteroatoms. The number of rotatable bonds is 4. The molecule has 0 aromatic carbocycles. The van der Waals surface area contributed by atoms with Crippen LogP contribution >= 0.6 is 11.8 Å². The van der Waals surface area contributed by atoms with Gasteiger partial charge >= 0.3 is 5.97 Å². The van der Waals surface area contributed by atoms with Crippen LogP contribution in [0.1, 0.15) is 6.92 Å². The van der Waals surface area contributed by atoms with E-state index >= 15 is 0 Å². The minimum Gasteiger partial charge on any atom is -0.466 e. The molecule has 0 bridgehead atoms. The zero-order valence-electron chi connectivity index (χ0n) is 6.35. The molecule has 0 saturated heterocycles. The highest BCUT2D eigenvalue weighted by Crippen LogP contribution is 2.05. The van der Waals surface area contributed by atoms with E-state index in [4.69, 9.17) is 0 Å². The fourth-order valence-corrected chi connectivity index (χ4v) is 0.997. The Morgan fingerprint density at radius 2 is 2.30 bits per heavy atom. The molecule has 0 fully saturated rings. The van der Waals surface area contributed by atoms with E-state index < -0.39 is 0 Å². The van der Waals surface area contributed by atoms with Gasteiger partial charge in [-0.05, 0) is 5.75 Å². The second-order valence-electron chi connectivity index (χ2n) is 1.73. The third kappa shape index (κ3) is 3.56. The van der Waals surface area contributed by atoms with Crippen molar-refractivity contribution in [3.63, 3.8) is 0 Å². The van der Waals surface area contributed by atoms with Crippen molar-refractivity contribution in [3.05, 3.63) is 12.2 Å². The van der Waals surface area contributed by atoms with Crippen molar-refractivity contribution in [2.24, 2.45) is 0 Å². The highest BCUT2D eigenvalue weighted by molar-refractivity contribution is 7.99. The van der Waals surface area contributed by atoms with Crippen molar-refractivity contribution in [2.75, 3.05) is 18.6 Å². The lowest BCUT2D eigenvalue weighted by Gasteiger charge is -2.00. The van der Waals surface area contributed by atoms with Crippen LogP contribution in [0.3, 0.4) is 0 Å². The van der Waals surface area contributed by atoms with Gasteiger partial charge in [-0.25, -0.2) is 4.79 Å². The average molecular weight is 160 g/mol. The number of carbonyl (C=O) groups excluding carboxylic acids is 1. The van der Waals surface area contributed by atoms with Crippen LogP contribution in [0.25, 0.3) is 0 Å². The number of esters is 1. The summed E-state index contributed by atoms with van der Waals surface area (Å²) in [5, 5.41) is 0. The van der Waals surface area contributed by atoms with Gasteiger partial charge in [-0.15, -0.1) is 0 Å². The molecule has 0 aliphatic carbocycles. The zero-order chi connectivity index (χ0) is 7.98. The summed E-state index contributed by atoms with van der Waals surface area (Å²) in [5.74, 6) is 1.36. The summed E-state index contributed by atoms with van der Waals surface area (Å²) < 4.78 is 4.46. The molecule has 2 nitrogen and oxygen atoms in total. The molecular weight excluding hydrogens is 148 g/mol. The minimum atomic E-state index is -0.305. The number of hydrogen-bond acceptors (Lipinski definition) is 3. The van der Waals surface area contributed by atoms with E-state index in [1.165, 1.54) is 7.11 Å². The van der Waals surface area contributed by atoms with Crippen LogP contribution in [0.4, 0.5) is 0 Å². The van der Waals surface area contributed by atoms with Crippen LogP contribution in [-0.2, 0) is 9.53 Å². The first-order valence-electron chi connectivity index (χ1n) is 3.06. The first-order chi connectivity index (χ1) is 4.72. The third-order valence-corrected chi connectivity index (χ3v) is 1.92. The van der Waals surface area contributed by atoms with Crippen molar-refractivity contribution >= 4 is 17.7 Å². The molecule has 0 heterocycles. The predicted molar refractivity (Wildman–Crippen MR) is 44.2 cm³/mol. The molecule has 0 atom stereocenters. The van der Waals surface area contributed by atoms with Gasteiger partial charge in [-0.1, -0.05) is 13.5 Å². The van der Waals surface area contributed by atoms with Gasteiger partial charge in [-0.2, -0.15) is 11.8 Å². The predicted octanol–water partition coefficient (Wildman–Crippen LogP) is 1.47. The van der Waals surface area contributed by atoms with Gasteiger partial charge < -0.3 is 4.74 Å². The average Bonchev–Trinajstić information content (AvgIpc) is 1.98. The molecule has 0 saturated carbocycles. The van der Waals surface area contributed by atoms with Crippen molar-refractivity contribution < 1.29 is 9.53 Å². The molecule has 0 spiro atoms. The summed E-state index contributed by atoms with van der Waals surface area (Å²) in [6.45, 7) is 5.60. The van der Waals surface area contributed by atoms with Crippen LogP contribution in [0.5, 0.6) is 0 Å². The van der Waals surface area contributed by atoms with E-state index in [1.54, 1.807) is 11.8 Å². The van der Waals surface area contributed by atoms with Crippen LogP contribution in [0.15, 0.2) is 12.2 Å². The molecule has 0 aromatic heterocycles. The number of thioether (sulfide) groups is 1. The molecule has 0 aliphatic rings. The maximum atomic E-state index is 10.7. The van der Waals surface area contributed by atoms with E-state index in [1.807, 2.05) is 6.92 Å². The lowest BCUT2D eigenvalue weighted by Crippen LogP contribution is -2.05. The van der Waals surface area contributed by atoms with Crippen molar-refractivity contribution in [1.29, 1.82) is 0 Å². The summed E-state index contributed by atoms with van der Waals surface area (Å²) in [4.78, 5) is 10.7. The second kappa shape index (κ2) is 5.35. The Morgan fingerprint density at radius 3 is 2.70 bits per heavy atom. The standard InChI is InChI=1S/C7H12O2S/c1-4-10-5-6(2)7(8)9-3/h2,4-5H2,1,3H3. The third-order valence-electron chi connectivity index (χ3n) is 0.954. The van der Waals surface area contributed by atoms with E-state index in [-0.39, 0.29) is 5.97 Å². The van der Waals surface area contributed by atoms with Gasteiger partial charge in [0.25, 0.3) is 0 Å². The topological polar surface area (TPSA) is 26.3 Å². The summed E-state index contributed by atoms with van der Waals surface area (Å²) in [6, 6.07) is 0. The Balaban J connectivity index is 3.52. The summed E-state index contributed by atoms with van der Waals surface area (Å²) >= 11 is 1.66.